The van der Waals surface area contributed by atoms with Crippen molar-refractivity contribution >= 4 is 46.4 Å². The lowest BCUT2D eigenvalue weighted by Crippen LogP contribution is -1.75. The van der Waals surface area contributed by atoms with Gasteiger partial charge in [0.2, 0.25) is 0 Å². The van der Waals surface area contributed by atoms with Crippen LogP contribution >= 0.6 is 0 Å². The third-order valence-electron chi connectivity index (χ3n) is 5.26. The molecule has 0 unspecified atom stereocenters. The van der Waals surface area contributed by atoms with Gasteiger partial charge in [0.1, 0.15) is 0 Å². The van der Waals surface area contributed by atoms with Crippen LogP contribution in [0.4, 0.5) is 0 Å². The van der Waals surface area contributed by atoms with Gasteiger partial charge in [-0.25, -0.2) is 9.97 Å². The van der Waals surface area contributed by atoms with Gasteiger partial charge in [-0.15, -0.1) is 6.58 Å². The second-order valence-electron chi connectivity index (χ2n) is 7.88. The Morgan fingerprint density at radius 2 is 0.970 bits per heavy atom. The average molecular weight is 429 g/mol. The Labute approximate surface area is 192 Å². The minimum Gasteiger partial charge on any atom is -0.355 e. The highest BCUT2D eigenvalue weighted by atomic mass is 14.8. The maximum absolute atomic E-state index is 4.63. The first kappa shape index (κ1) is 20.5. The molecule has 3 aromatic heterocycles. The molecule has 0 saturated heterocycles. The van der Waals surface area contributed by atoms with Crippen molar-refractivity contribution in [3.8, 4) is 0 Å². The van der Waals surface area contributed by atoms with Gasteiger partial charge < -0.3 is 9.97 Å². The van der Waals surface area contributed by atoms with E-state index in [1.807, 2.05) is 72.8 Å². The molecule has 0 radical (unpaired) electrons. The number of hydrogen-bond acceptors (Lipinski definition) is 2. The molecule has 4 aromatic rings. The predicted molar refractivity (Wildman–Crippen MR) is 139 cm³/mol. The molecule has 33 heavy (non-hydrogen) atoms. The van der Waals surface area contributed by atoms with Crippen molar-refractivity contribution in [2.45, 2.75) is 6.42 Å². The van der Waals surface area contributed by atoms with Crippen LogP contribution in [0.3, 0.4) is 0 Å². The summed E-state index contributed by atoms with van der Waals surface area (Å²) in [5, 5.41) is 0. The SMILES string of the molecule is C1=Cc2cc3ccc(cc4nc(cc5ccc(cc1n2)[nH]5)C=C4)[nH]3.C=CCc1ccccc1. The van der Waals surface area contributed by atoms with Crippen molar-refractivity contribution in [2.75, 3.05) is 0 Å². The summed E-state index contributed by atoms with van der Waals surface area (Å²) in [5.41, 5.74) is 9.19. The zero-order valence-corrected chi connectivity index (χ0v) is 18.2. The van der Waals surface area contributed by atoms with Gasteiger partial charge in [0.15, 0.2) is 0 Å². The minimum absolute atomic E-state index is 0.939. The van der Waals surface area contributed by atoms with Gasteiger partial charge in [-0.1, -0.05) is 36.4 Å². The molecule has 4 heteroatoms. The highest BCUT2D eigenvalue weighted by Crippen LogP contribution is 2.16. The monoisotopic (exact) mass is 428 g/mol. The molecule has 0 saturated carbocycles. The molecule has 2 aliphatic rings. The Hall–Kier alpha value is -4.44. The predicted octanol–water partition coefficient (Wildman–Crippen LogP) is 7.07. The van der Waals surface area contributed by atoms with Gasteiger partial charge >= 0.3 is 0 Å². The minimum atomic E-state index is 0.939. The highest BCUT2D eigenvalue weighted by Gasteiger charge is 2.01. The molecule has 0 spiro atoms. The van der Waals surface area contributed by atoms with Gasteiger partial charge in [-0.05, 0) is 84.8 Å². The average Bonchev–Trinajstić information content (AvgIpc) is 3.61. The molecule has 160 valence electrons. The van der Waals surface area contributed by atoms with Crippen LogP contribution in [0.1, 0.15) is 28.3 Å². The van der Waals surface area contributed by atoms with Crippen molar-refractivity contribution in [3.63, 3.8) is 0 Å². The first-order chi connectivity index (χ1) is 16.2. The molecular weight excluding hydrogens is 404 g/mol. The van der Waals surface area contributed by atoms with Crippen LogP contribution in [-0.2, 0) is 6.42 Å². The lowest BCUT2D eigenvalue weighted by Gasteiger charge is -1.91. The second kappa shape index (κ2) is 9.37. The molecule has 0 atom stereocenters. The Morgan fingerprint density at radius 1 is 0.576 bits per heavy atom. The van der Waals surface area contributed by atoms with Gasteiger partial charge in [0.25, 0.3) is 0 Å². The van der Waals surface area contributed by atoms with Gasteiger partial charge in [-0.2, -0.15) is 0 Å². The summed E-state index contributed by atoms with van der Waals surface area (Å²) in [6.07, 6.45) is 11.0. The van der Waals surface area contributed by atoms with E-state index in [4.69, 9.17) is 0 Å². The molecule has 4 nitrogen and oxygen atoms in total. The highest BCUT2D eigenvalue weighted by molar-refractivity contribution is 5.77. The molecule has 2 aliphatic heterocycles. The molecule has 0 fully saturated rings. The number of hydrogen-bond donors (Lipinski definition) is 2. The fourth-order valence-corrected chi connectivity index (χ4v) is 3.72. The van der Waals surface area contributed by atoms with Crippen LogP contribution in [0, 0.1) is 0 Å². The fraction of sp³-hybridized carbons (Fsp3) is 0.0345. The van der Waals surface area contributed by atoms with Crippen molar-refractivity contribution < 1.29 is 0 Å². The molecule has 6 rings (SSSR count). The molecule has 5 heterocycles. The van der Waals surface area contributed by atoms with Crippen LogP contribution in [0.5, 0.6) is 0 Å². The Balaban J connectivity index is 0.000000215. The van der Waals surface area contributed by atoms with Crippen molar-refractivity contribution in [2.24, 2.45) is 0 Å². The van der Waals surface area contributed by atoms with E-state index in [1.54, 1.807) is 0 Å². The van der Waals surface area contributed by atoms with E-state index >= 15 is 0 Å². The number of nitrogens with one attached hydrogen (secondary N) is 2. The zero-order valence-electron chi connectivity index (χ0n) is 18.2. The normalized spacial score (nSPS) is 11.6. The van der Waals surface area contributed by atoms with Crippen LogP contribution < -0.4 is 0 Å². The van der Waals surface area contributed by atoms with Crippen LogP contribution in [0.2, 0.25) is 0 Å². The standard InChI is InChI=1S/C20H14N4.C9H10/c1-2-14-10-16-5-6-18(23-16)12-20-8-7-19(24-20)11-17-4-3-15(22-17)9-13(1)21-14;1-2-6-9-7-4-3-5-8-9/h1-12,21,24H;2-5,7-8H,1,6H2. The summed E-state index contributed by atoms with van der Waals surface area (Å²) in [7, 11) is 0. The largest absolute Gasteiger partial charge is 0.355 e. The van der Waals surface area contributed by atoms with E-state index < -0.39 is 0 Å². The van der Waals surface area contributed by atoms with E-state index in [9.17, 15) is 0 Å². The number of H-pyrrole nitrogens is 2. The molecular formula is C29H24N4. The van der Waals surface area contributed by atoms with Crippen LogP contribution in [0.25, 0.3) is 46.4 Å². The zero-order chi connectivity index (χ0) is 22.5. The number of allylic oxidation sites excluding steroid dienone is 1. The van der Waals surface area contributed by atoms with Crippen molar-refractivity contribution in [1.82, 2.24) is 19.9 Å². The van der Waals surface area contributed by atoms with E-state index in [0.717, 1.165) is 51.3 Å². The van der Waals surface area contributed by atoms with E-state index in [-0.39, 0.29) is 0 Å². The molecule has 2 N–H and O–H groups in total. The quantitative estimate of drug-likeness (QED) is 0.290. The topological polar surface area (TPSA) is 57.4 Å². The maximum atomic E-state index is 4.63. The van der Waals surface area contributed by atoms with Gasteiger partial charge in [0, 0.05) is 22.1 Å². The summed E-state index contributed by atoms with van der Waals surface area (Å²) in [6, 6.07) is 26.7. The van der Waals surface area contributed by atoms with Gasteiger partial charge in [-0.3, -0.25) is 0 Å². The first-order valence-corrected chi connectivity index (χ1v) is 10.9. The lowest BCUT2D eigenvalue weighted by atomic mass is 10.2. The summed E-state index contributed by atoms with van der Waals surface area (Å²) in [4.78, 5) is 16.0. The van der Waals surface area contributed by atoms with E-state index in [1.165, 1.54) is 5.56 Å². The molecule has 0 aliphatic carbocycles. The summed E-state index contributed by atoms with van der Waals surface area (Å²) >= 11 is 0. The third-order valence-corrected chi connectivity index (χ3v) is 5.26. The number of aromatic nitrogens is 4. The molecule has 1 aromatic carbocycles. The Kier molecular flexibility index (Phi) is 5.81. The second-order valence-corrected chi connectivity index (χ2v) is 7.88. The van der Waals surface area contributed by atoms with Crippen LogP contribution in [-0.4, -0.2) is 19.9 Å². The Bertz CT molecular complexity index is 1330. The summed E-state index contributed by atoms with van der Waals surface area (Å²) in [5.74, 6) is 0. The third kappa shape index (κ3) is 5.25. The van der Waals surface area contributed by atoms with Crippen molar-refractivity contribution in [1.29, 1.82) is 0 Å². The van der Waals surface area contributed by atoms with Crippen molar-refractivity contribution in [3.05, 3.63) is 120 Å². The smallest absolute Gasteiger partial charge is 0.0658 e. The number of fused-ring (bicyclic) bond motifs is 8. The number of rotatable bonds is 2. The van der Waals surface area contributed by atoms with E-state index in [0.29, 0.717) is 0 Å². The first-order valence-electron chi connectivity index (χ1n) is 10.9. The maximum Gasteiger partial charge on any atom is 0.0658 e. The summed E-state index contributed by atoms with van der Waals surface area (Å²) in [6.45, 7) is 3.66. The molecule has 0 amide bonds. The van der Waals surface area contributed by atoms with Gasteiger partial charge in [0.05, 0.1) is 22.8 Å². The number of benzene rings is 1. The van der Waals surface area contributed by atoms with E-state index in [2.05, 4.69) is 62.9 Å². The van der Waals surface area contributed by atoms with Crippen LogP contribution in [0.15, 0.2) is 91.5 Å². The Morgan fingerprint density at radius 3 is 1.33 bits per heavy atom. The fourth-order valence-electron chi connectivity index (χ4n) is 3.72. The lowest BCUT2D eigenvalue weighted by molar-refractivity contribution is 1.28. The molecule has 8 bridgehead atoms. The summed E-state index contributed by atoms with van der Waals surface area (Å²) < 4.78 is 0. The number of nitrogens with zero attached hydrogens (tertiary/aromatic N) is 2. The number of aromatic amines is 2.